The molecule has 5 heteroatoms. The monoisotopic (exact) mass is 292 g/mol. The van der Waals surface area contributed by atoms with Crippen LogP contribution in [0.4, 0.5) is 4.39 Å². The normalized spacial score (nSPS) is 22.5. The molecule has 1 aromatic heterocycles. The first-order valence-corrected chi connectivity index (χ1v) is 7.55. The maximum absolute atomic E-state index is 14.1. The highest BCUT2D eigenvalue weighted by Crippen LogP contribution is 2.25. The van der Waals surface area contributed by atoms with Gasteiger partial charge in [0.25, 0.3) is 0 Å². The van der Waals surface area contributed by atoms with Gasteiger partial charge in [0.05, 0.1) is 6.10 Å². The molecule has 0 saturated heterocycles. The molecule has 2 atom stereocenters. The maximum atomic E-state index is 14.1. The molecule has 21 heavy (non-hydrogen) atoms. The molecule has 2 N–H and O–H groups in total. The van der Waals surface area contributed by atoms with E-state index in [1.165, 1.54) is 6.07 Å². The Balaban J connectivity index is 1.79. The highest BCUT2D eigenvalue weighted by Gasteiger charge is 2.24. The highest BCUT2D eigenvalue weighted by molar-refractivity contribution is 5.74. The number of nitrogens with one attached hydrogen (secondary N) is 1. The van der Waals surface area contributed by atoms with Gasteiger partial charge in [-0.3, -0.25) is 0 Å². The second kappa shape index (κ2) is 5.73. The lowest BCUT2D eigenvalue weighted by Gasteiger charge is -2.16. The summed E-state index contributed by atoms with van der Waals surface area (Å²) in [7, 11) is 0. The Kier molecular flexibility index (Phi) is 3.95. The molecule has 1 saturated carbocycles. The van der Waals surface area contributed by atoms with Gasteiger partial charge >= 0.3 is 0 Å². The molecular weight excluding hydrogens is 271 g/mol. The average molecular weight is 292 g/mol. The van der Waals surface area contributed by atoms with Crippen LogP contribution in [0, 0.1) is 5.82 Å². The quantitative estimate of drug-likeness (QED) is 0.909. The van der Waals surface area contributed by atoms with Crippen LogP contribution in [0.1, 0.15) is 50.5 Å². The van der Waals surface area contributed by atoms with Gasteiger partial charge in [0.15, 0.2) is 17.3 Å². The van der Waals surface area contributed by atoms with E-state index in [1.54, 1.807) is 0 Å². The number of hydrogen-bond donors (Lipinski definition) is 2. The molecule has 2 aromatic rings. The molecule has 0 aliphatic heterocycles. The standard InChI is InChI=1S/C16H21FN2O2/c1-9(2)16-19-13-7-10(6-11(17)15(13)21-16)8-18-12-4-3-5-14(12)20/h6-7,9,12,14,18,20H,3-5,8H2,1-2H3/t12-,14+/m1/s1. The summed E-state index contributed by atoms with van der Waals surface area (Å²) >= 11 is 0. The molecule has 0 radical (unpaired) electrons. The third-order valence-electron chi connectivity index (χ3n) is 4.06. The SMILES string of the molecule is CC(C)c1nc2cc(CN[C@@H]3CCC[C@@H]3O)cc(F)c2o1. The van der Waals surface area contributed by atoms with Gasteiger partial charge in [0.2, 0.25) is 0 Å². The zero-order chi connectivity index (χ0) is 15.0. The van der Waals surface area contributed by atoms with Gasteiger partial charge in [-0.2, -0.15) is 0 Å². The van der Waals surface area contributed by atoms with Crippen LogP contribution in [0.2, 0.25) is 0 Å². The Hall–Kier alpha value is -1.46. The third-order valence-corrected chi connectivity index (χ3v) is 4.06. The van der Waals surface area contributed by atoms with E-state index in [0.717, 1.165) is 24.8 Å². The molecule has 114 valence electrons. The van der Waals surface area contributed by atoms with Crippen molar-refractivity contribution in [3.63, 3.8) is 0 Å². The molecule has 1 fully saturated rings. The number of aliphatic hydroxyl groups is 1. The van der Waals surface area contributed by atoms with Gasteiger partial charge in [0.1, 0.15) is 5.52 Å². The van der Waals surface area contributed by atoms with Gasteiger partial charge in [-0.1, -0.05) is 13.8 Å². The number of nitrogens with zero attached hydrogens (tertiary/aromatic N) is 1. The number of aromatic nitrogens is 1. The van der Waals surface area contributed by atoms with Crippen molar-refractivity contribution in [2.75, 3.05) is 0 Å². The van der Waals surface area contributed by atoms with E-state index in [2.05, 4.69) is 10.3 Å². The van der Waals surface area contributed by atoms with E-state index < -0.39 is 0 Å². The van der Waals surface area contributed by atoms with Crippen molar-refractivity contribution in [1.29, 1.82) is 0 Å². The second-order valence-electron chi connectivity index (χ2n) is 6.12. The van der Waals surface area contributed by atoms with Crippen molar-refractivity contribution in [3.05, 3.63) is 29.4 Å². The minimum absolute atomic E-state index is 0.104. The Bertz CT molecular complexity index is 638. The summed E-state index contributed by atoms with van der Waals surface area (Å²) in [5.74, 6) is 0.308. The second-order valence-corrected chi connectivity index (χ2v) is 6.12. The molecule has 1 aromatic carbocycles. The Morgan fingerprint density at radius 3 is 2.90 bits per heavy atom. The molecule has 3 rings (SSSR count). The fourth-order valence-corrected chi connectivity index (χ4v) is 2.84. The smallest absolute Gasteiger partial charge is 0.198 e. The number of halogens is 1. The first kappa shape index (κ1) is 14.5. The van der Waals surface area contributed by atoms with E-state index in [1.807, 2.05) is 19.9 Å². The Morgan fingerprint density at radius 2 is 2.24 bits per heavy atom. The van der Waals surface area contributed by atoms with Gasteiger partial charge < -0.3 is 14.8 Å². The summed E-state index contributed by atoms with van der Waals surface area (Å²) in [4.78, 5) is 4.34. The third kappa shape index (κ3) is 2.94. The fourth-order valence-electron chi connectivity index (χ4n) is 2.84. The summed E-state index contributed by atoms with van der Waals surface area (Å²) in [6.45, 7) is 4.46. The van der Waals surface area contributed by atoms with Crippen LogP contribution in [0.15, 0.2) is 16.5 Å². The van der Waals surface area contributed by atoms with Crippen LogP contribution in [0.25, 0.3) is 11.1 Å². The average Bonchev–Trinajstić information content (AvgIpc) is 3.03. The van der Waals surface area contributed by atoms with E-state index >= 15 is 0 Å². The number of rotatable bonds is 4. The molecule has 1 heterocycles. The first-order chi connectivity index (χ1) is 10.0. The first-order valence-electron chi connectivity index (χ1n) is 7.55. The molecule has 1 aliphatic carbocycles. The lowest BCUT2D eigenvalue weighted by molar-refractivity contribution is 0.148. The van der Waals surface area contributed by atoms with E-state index in [0.29, 0.717) is 18.0 Å². The summed E-state index contributed by atoms with van der Waals surface area (Å²) < 4.78 is 19.6. The van der Waals surface area contributed by atoms with Gasteiger partial charge in [-0.15, -0.1) is 0 Å². The number of oxazole rings is 1. The molecular formula is C16H21FN2O2. The topological polar surface area (TPSA) is 58.3 Å². The fraction of sp³-hybridized carbons (Fsp3) is 0.562. The summed E-state index contributed by atoms with van der Waals surface area (Å²) in [5.41, 5.74) is 1.61. The number of fused-ring (bicyclic) bond motifs is 1. The number of hydrogen-bond acceptors (Lipinski definition) is 4. The predicted molar refractivity (Wildman–Crippen MR) is 78.5 cm³/mol. The van der Waals surface area contributed by atoms with Crippen molar-refractivity contribution in [2.45, 2.75) is 57.7 Å². The highest BCUT2D eigenvalue weighted by atomic mass is 19.1. The molecule has 0 bridgehead atoms. The van der Waals surface area contributed by atoms with Crippen LogP contribution in [0.5, 0.6) is 0 Å². The largest absolute Gasteiger partial charge is 0.437 e. The summed E-state index contributed by atoms with van der Waals surface area (Å²) in [6, 6.07) is 3.43. The maximum Gasteiger partial charge on any atom is 0.198 e. The van der Waals surface area contributed by atoms with Crippen LogP contribution in [-0.2, 0) is 6.54 Å². The van der Waals surface area contributed by atoms with Crippen molar-refractivity contribution >= 4 is 11.1 Å². The molecule has 0 unspecified atom stereocenters. The van der Waals surface area contributed by atoms with Gasteiger partial charge in [-0.05, 0) is 37.0 Å². The lowest BCUT2D eigenvalue weighted by atomic mass is 10.1. The van der Waals surface area contributed by atoms with Crippen molar-refractivity contribution in [2.24, 2.45) is 0 Å². The lowest BCUT2D eigenvalue weighted by Crippen LogP contribution is -2.35. The van der Waals surface area contributed by atoms with Gasteiger partial charge in [-0.25, -0.2) is 9.37 Å². The zero-order valence-electron chi connectivity index (χ0n) is 12.4. The van der Waals surface area contributed by atoms with Crippen molar-refractivity contribution in [3.8, 4) is 0 Å². The number of aliphatic hydroxyl groups excluding tert-OH is 1. The summed E-state index contributed by atoms with van der Waals surface area (Å²) in [6.07, 6.45) is 2.55. The molecule has 1 aliphatic rings. The Labute approximate surface area is 123 Å². The van der Waals surface area contributed by atoms with Crippen LogP contribution in [0.3, 0.4) is 0 Å². The minimum atomic E-state index is -0.379. The van der Waals surface area contributed by atoms with E-state index in [-0.39, 0.29) is 29.5 Å². The molecule has 0 spiro atoms. The van der Waals surface area contributed by atoms with E-state index in [9.17, 15) is 9.50 Å². The van der Waals surface area contributed by atoms with Crippen molar-refractivity contribution in [1.82, 2.24) is 10.3 Å². The molecule has 0 amide bonds. The molecule has 4 nitrogen and oxygen atoms in total. The van der Waals surface area contributed by atoms with Crippen LogP contribution < -0.4 is 5.32 Å². The predicted octanol–water partition coefficient (Wildman–Crippen LogP) is 3.09. The van der Waals surface area contributed by atoms with Crippen LogP contribution >= 0.6 is 0 Å². The van der Waals surface area contributed by atoms with Crippen molar-refractivity contribution < 1.29 is 13.9 Å². The van der Waals surface area contributed by atoms with E-state index in [4.69, 9.17) is 4.42 Å². The minimum Gasteiger partial charge on any atom is -0.437 e. The zero-order valence-corrected chi connectivity index (χ0v) is 12.4. The van der Waals surface area contributed by atoms with Crippen LogP contribution in [-0.4, -0.2) is 22.2 Å². The van der Waals surface area contributed by atoms with Gasteiger partial charge in [0, 0.05) is 18.5 Å². The number of benzene rings is 1. The Morgan fingerprint density at radius 1 is 1.43 bits per heavy atom. The summed E-state index contributed by atoms with van der Waals surface area (Å²) in [5, 5.41) is 13.1.